The maximum atomic E-state index is 13.4. The lowest BCUT2D eigenvalue weighted by molar-refractivity contribution is -0.154. The Hall–Kier alpha value is -2.64. The van der Waals surface area contributed by atoms with Crippen molar-refractivity contribution >= 4 is 20.4 Å². The number of carbonyl (C=O) groups excluding carboxylic acids is 2. The highest BCUT2D eigenvalue weighted by Crippen LogP contribution is 2.37. The van der Waals surface area contributed by atoms with Crippen molar-refractivity contribution in [1.29, 1.82) is 0 Å². The van der Waals surface area contributed by atoms with Crippen LogP contribution >= 0.6 is 0 Å². The Morgan fingerprint density at radius 1 is 1.06 bits per heavy atom. The van der Waals surface area contributed by atoms with E-state index >= 15 is 0 Å². The molecule has 7 heteroatoms. The molecule has 2 aromatic carbocycles. The van der Waals surface area contributed by atoms with E-state index in [1.54, 1.807) is 0 Å². The first-order valence-electron chi connectivity index (χ1n) is 11.8. The first-order valence-corrected chi connectivity index (χ1v) is 15.2. The fourth-order valence-corrected chi connectivity index (χ4v) is 5.71. The van der Waals surface area contributed by atoms with E-state index in [9.17, 15) is 9.59 Å². The van der Waals surface area contributed by atoms with E-state index in [-0.39, 0.29) is 5.97 Å². The summed E-state index contributed by atoms with van der Waals surface area (Å²) in [6.45, 7) is 11.7. The average molecular weight is 484 g/mol. The number of esters is 1. The zero-order valence-electron chi connectivity index (χ0n) is 21.1. The molecule has 0 unspecified atom stereocenters. The highest BCUT2D eigenvalue weighted by Gasteiger charge is 2.54. The van der Waals surface area contributed by atoms with Crippen molar-refractivity contribution < 1.29 is 23.5 Å². The third-order valence-corrected chi connectivity index (χ3v) is 6.45. The third kappa shape index (κ3) is 7.43. The van der Waals surface area contributed by atoms with Gasteiger partial charge in [0.15, 0.2) is 13.9 Å². The van der Waals surface area contributed by atoms with E-state index in [1.807, 2.05) is 81.4 Å². The lowest BCUT2D eigenvalue weighted by Crippen LogP contribution is -2.49. The quantitative estimate of drug-likeness (QED) is 0.409. The minimum Gasteiger partial charge on any atom is -0.458 e. The number of rotatable bonds is 8. The van der Waals surface area contributed by atoms with Gasteiger partial charge in [0.1, 0.15) is 11.7 Å². The molecule has 0 saturated carbocycles. The smallest absolute Gasteiger partial charge is 0.408 e. The Labute approximate surface area is 204 Å². The molecule has 0 spiro atoms. The van der Waals surface area contributed by atoms with E-state index in [0.717, 1.165) is 11.1 Å². The van der Waals surface area contributed by atoms with Crippen LogP contribution in [0.15, 0.2) is 60.7 Å². The number of alkyl carbamates (subject to hydrolysis) is 1. The van der Waals surface area contributed by atoms with Gasteiger partial charge in [-0.1, -0.05) is 60.7 Å². The van der Waals surface area contributed by atoms with Gasteiger partial charge in [0, 0.05) is 12.8 Å². The number of benzene rings is 2. The van der Waals surface area contributed by atoms with Crippen molar-refractivity contribution in [3.63, 3.8) is 0 Å². The van der Waals surface area contributed by atoms with Crippen LogP contribution in [0.4, 0.5) is 4.79 Å². The van der Waals surface area contributed by atoms with E-state index in [2.05, 4.69) is 25.0 Å². The van der Waals surface area contributed by atoms with Gasteiger partial charge in [-0.25, -0.2) is 9.59 Å². The zero-order valence-corrected chi connectivity index (χ0v) is 22.1. The molecule has 0 radical (unpaired) electrons. The number of nitrogens with one attached hydrogen (secondary N) is 1. The Morgan fingerprint density at radius 2 is 1.62 bits per heavy atom. The Bertz CT molecular complexity index is 968. The van der Waals surface area contributed by atoms with E-state index in [4.69, 9.17) is 13.9 Å². The summed E-state index contributed by atoms with van der Waals surface area (Å²) >= 11 is 0. The van der Waals surface area contributed by atoms with Crippen LogP contribution in [-0.4, -0.2) is 43.7 Å². The first-order chi connectivity index (χ1) is 15.9. The number of ether oxygens (including phenoxy) is 2. The van der Waals surface area contributed by atoms with Crippen molar-refractivity contribution in [2.45, 2.75) is 83.0 Å². The van der Waals surface area contributed by atoms with Crippen LogP contribution in [0.3, 0.4) is 0 Å². The van der Waals surface area contributed by atoms with Crippen LogP contribution in [-0.2, 0) is 31.5 Å². The lowest BCUT2D eigenvalue weighted by atomic mass is 9.88. The second-order valence-corrected chi connectivity index (χ2v) is 15.4. The number of cyclic esters (lactones) is 1. The molecule has 0 bridgehead atoms. The summed E-state index contributed by atoms with van der Waals surface area (Å²) in [6.07, 6.45) is 0.222. The molecule has 1 N–H and O–H groups in total. The van der Waals surface area contributed by atoms with E-state index in [0.29, 0.717) is 19.3 Å². The molecule has 1 heterocycles. The lowest BCUT2D eigenvalue weighted by Gasteiger charge is -2.33. The van der Waals surface area contributed by atoms with Gasteiger partial charge < -0.3 is 19.2 Å². The molecule has 3 rings (SSSR count). The Kier molecular flexibility index (Phi) is 7.88. The van der Waals surface area contributed by atoms with Crippen LogP contribution in [0, 0.1) is 0 Å². The number of hydrogen-bond donors (Lipinski definition) is 1. The normalized spacial score (nSPS) is 21.6. The van der Waals surface area contributed by atoms with Crippen LogP contribution in [0.2, 0.25) is 19.6 Å². The molecular formula is C27H37NO5Si. The Balaban J connectivity index is 1.89. The van der Waals surface area contributed by atoms with Gasteiger partial charge >= 0.3 is 12.1 Å². The number of hydrogen-bond acceptors (Lipinski definition) is 5. The van der Waals surface area contributed by atoms with E-state index in [1.165, 1.54) is 0 Å². The minimum absolute atomic E-state index is 0.359. The summed E-state index contributed by atoms with van der Waals surface area (Å²) in [5.41, 5.74) is 0.330. The zero-order chi connectivity index (χ0) is 25.0. The molecule has 1 aliphatic rings. The SMILES string of the molecule is CC(C)(C)OC(=O)N[C@H](Cc1ccccc1)[C@H]1C[C@@](Cc2ccccc2)(O[Si](C)(C)C)C(=O)O1. The molecule has 0 aromatic heterocycles. The average Bonchev–Trinajstić information content (AvgIpc) is 3.01. The van der Waals surface area contributed by atoms with Crippen molar-refractivity contribution in [2.75, 3.05) is 0 Å². The third-order valence-electron chi connectivity index (χ3n) is 5.44. The summed E-state index contributed by atoms with van der Waals surface area (Å²) in [4.78, 5) is 26.1. The fraction of sp³-hybridized carbons (Fsp3) is 0.481. The molecule has 6 nitrogen and oxygen atoms in total. The van der Waals surface area contributed by atoms with Crippen molar-refractivity contribution in [1.82, 2.24) is 5.32 Å². The monoisotopic (exact) mass is 483 g/mol. The summed E-state index contributed by atoms with van der Waals surface area (Å²) in [7, 11) is -2.11. The van der Waals surface area contributed by atoms with Gasteiger partial charge in [-0.15, -0.1) is 0 Å². The minimum atomic E-state index is -2.11. The highest BCUT2D eigenvalue weighted by molar-refractivity contribution is 6.70. The van der Waals surface area contributed by atoms with Gasteiger partial charge in [0.2, 0.25) is 0 Å². The summed E-state index contributed by atoms with van der Waals surface area (Å²) in [5, 5.41) is 2.97. The molecular weight excluding hydrogens is 446 g/mol. The van der Waals surface area contributed by atoms with Gasteiger partial charge in [0.25, 0.3) is 0 Å². The van der Waals surface area contributed by atoms with Crippen LogP contribution in [0.5, 0.6) is 0 Å². The molecule has 1 amide bonds. The molecule has 1 saturated heterocycles. The summed E-state index contributed by atoms with van der Waals surface area (Å²) in [5.74, 6) is -0.368. The molecule has 34 heavy (non-hydrogen) atoms. The summed E-state index contributed by atoms with van der Waals surface area (Å²) < 4.78 is 18.0. The van der Waals surface area contributed by atoms with Gasteiger partial charge in [-0.05, 0) is 58.0 Å². The van der Waals surface area contributed by atoms with Crippen molar-refractivity contribution in [3.05, 3.63) is 71.8 Å². The van der Waals surface area contributed by atoms with Gasteiger partial charge in [0.05, 0.1) is 6.04 Å². The summed E-state index contributed by atoms with van der Waals surface area (Å²) in [6, 6.07) is 19.2. The van der Waals surface area contributed by atoms with Gasteiger partial charge in [-0.3, -0.25) is 0 Å². The predicted molar refractivity (Wildman–Crippen MR) is 135 cm³/mol. The molecule has 1 fully saturated rings. The van der Waals surface area contributed by atoms with Crippen LogP contribution in [0.25, 0.3) is 0 Å². The maximum Gasteiger partial charge on any atom is 0.408 e. The maximum absolute atomic E-state index is 13.4. The first kappa shape index (κ1) is 26.0. The topological polar surface area (TPSA) is 73.9 Å². The number of carbonyl (C=O) groups is 2. The second kappa shape index (κ2) is 10.3. The standard InChI is InChI=1S/C27H37NO5Si/c1-26(2,3)32-25(30)28-22(17-20-13-9-7-10-14-20)23-19-27(24(29)31-23,33-34(4,5)6)18-21-15-11-8-12-16-21/h7-16,22-23H,17-19H2,1-6H3,(H,28,30)/t22-,23-,27-/m1/s1. The van der Waals surface area contributed by atoms with Crippen molar-refractivity contribution in [3.8, 4) is 0 Å². The molecule has 1 aliphatic heterocycles. The fourth-order valence-electron chi connectivity index (χ4n) is 4.30. The van der Waals surface area contributed by atoms with Gasteiger partial charge in [-0.2, -0.15) is 0 Å². The predicted octanol–water partition coefficient (Wildman–Crippen LogP) is 5.27. The molecule has 2 aromatic rings. The molecule has 0 aliphatic carbocycles. The van der Waals surface area contributed by atoms with Crippen molar-refractivity contribution in [2.24, 2.45) is 0 Å². The van der Waals surface area contributed by atoms with Crippen LogP contribution < -0.4 is 5.32 Å². The Morgan fingerprint density at radius 3 is 2.15 bits per heavy atom. The van der Waals surface area contributed by atoms with E-state index < -0.39 is 37.8 Å². The van der Waals surface area contributed by atoms with Crippen LogP contribution in [0.1, 0.15) is 38.3 Å². The highest BCUT2D eigenvalue weighted by atomic mass is 28.4. The largest absolute Gasteiger partial charge is 0.458 e. The molecule has 184 valence electrons. The number of amides is 1. The molecule has 3 atom stereocenters. The second-order valence-electron chi connectivity index (χ2n) is 11.0.